The van der Waals surface area contributed by atoms with Gasteiger partial charge in [-0.25, -0.2) is 9.67 Å². The second-order valence-corrected chi connectivity index (χ2v) is 5.93. The lowest BCUT2D eigenvalue weighted by Crippen LogP contribution is -2.02. The van der Waals surface area contributed by atoms with Crippen LogP contribution in [0.1, 0.15) is 11.3 Å². The number of fused-ring (bicyclic) bond motifs is 1. The molecule has 0 saturated carbocycles. The summed E-state index contributed by atoms with van der Waals surface area (Å²) in [5.41, 5.74) is 3.45. The van der Waals surface area contributed by atoms with Crippen molar-refractivity contribution in [2.75, 3.05) is 0 Å². The molecule has 0 atom stereocenters. The van der Waals surface area contributed by atoms with Crippen molar-refractivity contribution in [1.82, 2.24) is 25.2 Å². The lowest BCUT2D eigenvalue weighted by Gasteiger charge is -2.12. The van der Waals surface area contributed by atoms with Crippen LogP contribution in [-0.4, -0.2) is 25.2 Å². The topological polar surface area (TPSA) is 65.7 Å². The number of aryl methyl sites for hydroxylation is 1. The van der Waals surface area contributed by atoms with E-state index in [-0.39, 0.29) is 6.61 Å². The zero-order chi connectivity index (χ0) is 17.2. The van der Waals surface area contributed by atoms with Gasteiger partial charge in [0.2, 0.25) is 0 Å². The summed E-state index contributed by atoms with van der Waals surface area (Å²) >= 11 is 6.48. The minimum absolute atomic E-state index is 0.281. The van der Waals surface area contributed by atoms with Gasteiger partial charge in [0.1, 0.15) is 18.7 Å². The predicted octanol–water partition coefficient (Wildman–Crippen LogP) is 3.75. The molecule has 0 aliphatic rings. The Kier molecular flexibility index (Phi) is 4.03. The molecule has 4 aromatic rings. The third-order valence-corrected chi connectivity index (χ3v) is 4.45. The number of ether oxygens (including phenoxy) is 1. The molecule has 0 N–H and O–H groups in total. The normalized spacial score (nSPS) is 11.0. The molecule has 0 fully saturated rings. The second kappa shape index (κ2) is 6.49. The molecule has 2 aromatic carbocycles. The highest BCUT2D eigenvalue weighted by Crippen LogP contribution is 2.28. The molecule has 6 nitrogen and oxygen atoms in total. The van der Waals surface area contributed by atoms with Gasteiger partial charge in [-0.05, 0) is 41.1 Å². The molecule has 2 heterocycles. The Bertz CT molecular complexity index is 1030. The van der Waals surface area contributed by atoms with Gasteiger partial charge in [0.05, 0.1) is 21.9 Å². The van der Waals surface area contributed by atoms with Crippen molar-refractivity contribution in [3.05, 3.63) is 71.1 Å². The van der Waals surface area contributed by atoms with E-state index in [0.717, 1.165) is 22.2 Å². The fourth-order valence-electron chi connectivity index (χ4n) is 2.66. The maximum Gasteiger partial charge on any atom is 0.143 e. The number of rotatable bonds is 4. The Morgan fingerprint density at radius 2 is 2.00 bits per heavy atom. The highest BCUT2D eigenvalue weighted by atomic mass is 35.5. The zero-order valence-electron chi connectivity index (χ0n) is 13.4. The van der Waals surface area contributed by atoms with E-state index >= 15 is 0 Å². The maximum atomic E-state index is 6.48. The summed E-state index contributed by atoms with van der Waals surface area (Å²) in [6, 6.07) is 15.4. The molecule has 124 valence electrons. The Hall–Kier alpha value is -2.99. The molecule has 4 rings (SSSR count). The van der Waals surface area contributed by atoms with Crippen LogP contribution in [0.3, 0.4) is 0 Å². The quantitative estimate of drug-likeness (QED) is 0.560. The predicted molar refractivity (Wildman–Crippen MR) is 95.0 cm³/mol. The number of pyridine rings is 1. The summed E-state index contributed by atoms with van der Waals surface area (Å²) in [7, 11) is 0. The van der Waals surface area contributed by atoms with Gasteiger partial charge < -0.3 is 4.74 Å². The molecule has 0 bridgehead atoms. The smallest absolute Gasteiger partial charge is 0.143 e. The Balaban J connectivity index is 1.61. The minimum atomic E-state index is 0.281. The van der Waals surface area contributed by atoms with Crippen LogP contribution >= 0.6 is 11.6 Å². The largest absolute Gasteiger partial charge is 0.487 e. The average Bonchev–Trinajstić information content (AvgIpc) is 3.19. The fraction of sp³-hybridized carbons (Fsp3) is 0.111. The summed E-state index contributed by atoms with van der Waals surface area (Å²) in [4.78, 5) is 4.63. The van der Waals surface area contributed by atoms with E-state index in [1.54, 1.807) is 4.68 Å². The van der Waals surface area contributed by atoms with Crippen molar-refractivity contribution in [1.29, 1.82) is 0 Å². The van der Waals surface area contributed by atoms with Crippen molar-refractivity contribution in [3.8, 4) is 11.4 Å². The monoisotopic (exact) mass is 351 g/mol. The zero-order valence-corrected chi connectivity index (χ0v) is 14.2. The van der Waals surface area contributed by atoms with E-state index in [2.05, 4.69) is 20.5 Å². The first-order chi connectivity index (χ1) is 12.2. The van der Waals surface area contributed by atoms with Crippen molar-refractivity contribution < 1.29 is 4.74 Å². The van der Waals surface area contributed by atoms with Gasteiger partial charge >= 0.3 is 0 Å². The second-order valence-electron chi connectivity index (χ2n) is 5.56. The standard InChI is InChI=1S/C18H14ClN5O/c1-12-15-7-2-3-8-16(15)21-17(18(12)19)10-25-14-6-4-5-13(9-14)24-11-20-22-23-24/h2-9,11H,10H2,1H3. The van der Waals surface area contributed by atoms with Gasteiger partial charge in [0.25, 0.3) is 0 Å². The Morgan fingerprint density at radius 1 is 1.12 bits per heavy atom. The summed E-state index contributed by atoms with van der Waals surface area (Å²) in [6.07, 6.45) is 1.53. The van der Waals surface area contributed by atoms with Crippen molar-refractivity contribution in [2.24, 2.45) is 0 Å². The highest BCUT2D eigenvalue weighted by molar-refractivity contribution is 6.32. The SMILES string of the molecule is Cc1c(Cl)c(COc2cccc(-n3cnnn3)c2)nc2ccccc12. The van der Waals surface area contributed by atoms with Gasteiger partial charge in [-0.2, -0.15) is 0 Å². The third-order valence-electron chi connectivity index (χ3n) is 3.95. The lowest BCUT2D eigenvalue weighted by molar-refractivity contribution is 0.301. The first-order valence-electron chi connectivity index (χ1n) is 7.72. The van der Waals surface area contributed by atoms with Gasteiger partial charge in [-0.15, -0.1) is 5.10 Å². The summed E-state index contributed by atoms with van der Waals surface area (Å²) < 4.78 is 7.45. The van der Waals surface area contributed by atoms with Gasteiger partial charge in [-0.3, -0.25) is 0 Å². The first kappa shape index (κ1) is 15.5. The molecular weight excluding hydrogens is 338 g/mol. The molecule has 0 saturated heterocycles. The van der Waals surface area contributed by atoms with Crippen LogP contribution in [0, 0.1) is 6.92 Å². The van der Waals surface area contributed by atoms with Crippen molar-refractivity contribution >= 4 is 22.5 Å². The number of halogens is 1. The molecule has 0 aliphatic carbocycles. The highest BCUT2D eigenvalue weighted by Gasteiger charge is 2.11. The number of para-hydroxylation sites is 1. The molecule has 0 aliphatic heterocycles. The molecular formula is C18H14ClN5O. The number of aromatic nitrogens is 5. The van der Waals surface area contributed by atoms with Gasteiger partial charge in [0.15, 0.2) is 0 Å². The van der Waals surface area contributed by atoms with Crippen LogP contribution in [0.25, 0.3) is 16.6 Å². The molecule has 0 unspecified atom stereocenters. The maximum absolute atomic E-state index is 6.48. The summed E-state index contributed by atoms with van der Waals surface area (Å²) in [5, 5.41) is 12.8. The molecule has 0 radical (unpaired) electrons. The van der Waals surface area contributed by atoms with Gasteiger partial charge in [-0.1, -0.05) is 35.9 Å². The van der Waals surface area contributed by atoms with E-state index < -0.39 is 0 Å². The molecule has 0 amide bonds. The minimum Gasteiger partial charge on any atom is -0.487 e. The van der Waals surface area contributed by atoms with E-state index in [0.29, 0.717) is 16.5 Å². The molecule has 25 heavy (non-hydrogen) atoms. The Labute approximate surface area is 149 Å². The van der Waals surface area contributed by atoms with Crippen LogP contribution in [-0.2, 0) is 6.61 Å². The van der Waals surface area contributed by atoms with Crippen molar-refractivity contribution in [3.63, 3.8) is 0 Å². The van der Waals surface area contributed by atoms with E-state index in [4.69, 9.17) is 16.3 Å². The van der Waals surface area contributed by atoms with Gasteiger partial charge in [0, 0.05) is 11.5 Å². The fourth-order valence-corrected chi connectivity index (χ4v) is 2.86. The van der Waals surface area contributed by atoms with Crippen LogP contribution in [0.5, 0.6) is 5.75 Å². The van der Waals surface area contributed by atoms with Crippen LogP contribution in [0.4, 0.5) is 0 Å². The van der Waals surface area contributed by atoms with Crippen molar-refractivity contribution in [2.45, 2.75) is 13.5 Å². The van der Waals surface area contributed by atoms with Crippen LogP contribution < -0.4 is 4.74 Å². The third kappa shape index (κ3) is 3.04. The summed E-state index contributed by atoms with van der Waals surface area (Å²) in [5.74, 6) is 0.691. The number of benzene rings is 2. The lowest BCUT2D eigenvalue weighted by atomic mass is 10.1. The summed E-state index contributed by atoms with van der Waals surface area (Å²) in [6.45, 7) is 2.28. The molecule has 7 heteroatoms. The molecule has 0 spiro atoms. The molecule has 2 aromatic heterocycles. The number of nitrogens with zero attached hydrogens (tertiary/aromatic N) is 5. The van der Waals surface area contributed by atoms with E-state index in [9.17, 15) is 0 Å². The number of hydrogen-bond acceptors (Lipinski definition) is 5. The number of tetrazole rings is 1. The van der Waals surface area contributed by atoms with E-state index in [1.165, 1.54) is 6.33 Å². The van der Waals surface area contributed by atoms with Crippen LogP contribution in [0.2, 0.25) is 5.02 Å². The number of hydrogen-bond donors (Lipinski definition) is 0. The van der Waals surface area contributed by atoms with E-state index in [1.807, 2.05) is 55.5 Å². The first-order valence-corrected chi connectivity index (χ1v) is 8.10. The van der Waals surface area contributed by atoms with Crippen LogP contribution in [0.15, 0.2) is 54.9 Å². The average molecular weight is 352 g/mol. The Morgan fingerprint density at radius 3 is 2.84 bits per heavy atom.